The second kappa shape index (κ2) is 40.5. The molecule has 0 saturated carbocycles. The Kier molecular flexibility index (Phi) is 33.3. The van der Waals surface area contributed by atoms with Crippen LogP contribution < -0.4 is 26.6 Å². The Bertz CT molecular complexity index is 3500. The van der Waals surface area contributed by atoms with Gasteiger partial charge in [-0.15, -0.1) is 0 Å². The third-order valence-corrected chi connectivity index (χ3v) is 20.3. The molecule has 0 aliphatic carbocycles. The van der Waals surface area contributed by atoms with Gasteiger partial charge in [-0.25, -0.2) is 0 Å². The van der Waals surface area contributed by atoms with Gasteiger partial charge >= 0.3 is 0 Å². The monoisotopic (exact) mass is 1470 g/mol. The molecule has 2 aliphatic heterocycles. The molecule has 5 rings (SSSR count). The lowest BCUT2D eigenvalue weighted by Crippen LogP contribution is -2.63. The first-order valence-corrected chi connectivity index (χ1v) is 37.3. The van der Waals surface area contributed by atoms with E-state index < -0.39 is 162 Å². The topological polar surface area (TPSA) is 328 Å². The number of likely N-dealkylation sites (N-methyl/N-ethyl adjacent to an activating group) is 7. The summed E-state index contributed by atoms with van der Waals surface area (Å²) in [7, 11) is 9.55. The van der Waals surface area contributed by atoms with Crippen LogP contribution in [0, 0.1) is 23.7 Å². The highest BCUT2D eigenvalue weighted by molar-refractivity contribution is 6.01. The fourth-order valence-corrected chi connectivity index (χ4v) is 13.6. The summed E-state index contributed by atoms with van der Waals surface area (Å²) >= 11 is 0. The van der Waals surface area contributed by atoms with Crippen LogP contribution in [0.4, 0.5) is 0 Å². The molecule has 27 nitrogen and oxygen atoms in total. The van der Waals surface area contributed by atoms with Crippen LogP contribution in [0.3, 0.4) is 0 Å². The number of carbonyl (C=O) groups excluding carboxylic acids is 13. The summed E-state index contributed by atoms with van der Waals surface area (Å²) in [6, 6.07) is 9.74. The Balaban J connectivity index is 1.70. The average Bonchev–Trinajstić information content (AvgIpc) is 0.817. The van der Waals surface area contributed by atoms with Crippen LogP contribution in [0.1, 0.15) is 145 Å². The number of carbonyl (C=O) groups is 13. The highest BCUT2D eigenvalue weighted by Crippen LogP contribution is 2.24. The van der Waals surface area contributed by atoms with Crippen LogP contribution in [0.25, 0.3) is 0 Å². The smallest absolute Gasteiger partial charge is 0.248 e. The van der Waals surface area contributed by atoms with Crippen LogP contribution >= 0.6 is 0 Å². The number of piperidine rings is 1. The van der Waals surface area contributed by atoms with E-state index >= 15 is 28.8 Å². The summed E-state index contributed by atoms with van der Waals surface area (Å²) in [5, 5.41) is 25.1. The van der Waals surface area contributed by atoms with Crippen LogP contribution in [-0.2, 0) is 81.6 Å². The maximum atomic E-state index is 15.9. The Morgan fingerprint density at radius 1 is 0.491 bits per heavy atom. The predicted octanol–water partition coefficient (Wildman–Crippen LogP) is 3.58. The van der Waals surface area contributed by atoms with Crippen molar-refractivity contribution in [3.05, 3.63) is 108 Å². The van der Waals surface area contributed by atoms with Crippen molar-refractivity contribution in [2.24, 2.45) is 23.7 Å². The first-order valence-electron chi connectivity index (χ1n) is 37.3. The number of nitrogens with zero attached hydrogens (tertiary/aromatic N) is 8. The van der Waals surface area contributed by atoms with E-state index in [1.165, 1.54) is 84.8 Å². The molecule has 2 aliphatic rings. The van der Waals surface area contributed by atoms with Crippen LogP contribution in [-0.4, -0.2) is 262 Å². The SMILES string of the molecule is CC(C)C[C@H]1C(=O)N[C@H](C(=O)N(C)[C@@H](Cc2ccccc2)C(=O)N(C)[C@@H](Cc2ccccc2)C(=O)N[C@@H](C)C(=O)N2CCCCC2)CC(=O)N[C@@H](C)C(=O)N(C)[C@@H](Cc2ccccc2)C(=O)N(C)[C@@H](CC(C)C)C(=O)N[C@@H]([C@@H](C)O)C(=O)N(C)[C@@H](C)C(=O)N(C)[C@@H](CC(C)C)C(=O)N[C@@H](C(C)C)C(=O)N1C. The Hall–Kier alpha value is -9.27. The summed E-state index contributed by atoms with van der Waals surface area (Å²) < 4.78 is 0. The minimum Gasteiger partial charge on any atom is -0.391 e. The lowest BCUT2D eigenvalue weighted by molar-refractivity contribution is -0.152. The number of benzene rings is 3. The zero-order valence-corrected chi connectivity index (χ0v) is 65.8. The number of hydrogen-bond acceptors (Lipinski definition) is 14. The predicted molar refractivity (Wildman–Crippen MR) is 403 cm³/mol. The molecule has 3 aromatic carbocycles. The molecule has 584 valence electrons. The van der Waals surface area contributed by atoms with E-state index in [-0.39, 0.29) is 62.2 Å². The molecule has 6 N–H and O–H groups in total. The number of nitrogens with one attached hydrogen (secondary N) is 5. The molecular formula is C79H119N13O14. The van der Waals surface area contributed by atoms with E-state index in [1.807, 2.05) is 27.7 Å². The molecule has 106 heavy (non-hydrogen) atoms. The standard InChI is InChI=1S/C79H119N13O14/c1-47(2)40-59-69(96)82-58(75(102)91(19)64(45-57-36-28-22-29-37-57)77(104)88(16)62(43-55-32-24-20-25-33-55)68(95)81-52(10)73(100)92-38-30-23-31-39-92)46-65(94)80-51(9)72(99)90(18)63(44-56-34-26-21-27-35-56)76(103)87(15)61(42-49(5)6)71(98)84-67(54(12)93)79(106)85(13)53(11)74(101)86(14)60(41-48(3)4)70(97)83-66(50(7)8)78(105)89(59)17/h20-22,24-29,32-37,47-54,58-64,66-67,93H,23,30-31,38-46H2,1-19H3,(H,80,94)(H,81,95)(H,82,96)(H,83,97)(H,84,98)/t51-,52-,53-,54+,58-,59-,60-,61-,62-,63-,64-,66-,67-/m0/s1. The first-order chi connectivity index (χ1) is 49.8. The van der Waals surface area contributed by atoms with E-state index in [1.54, 1.807) is 131 Å². The lowest BCUT2D eigenvalue weighted by Gasteiger charge is -2.38. The van der Waals surface area contributed by atoms with Crippen molar-refractivity contribution < 1.29 is 67.4 Å². The zero-order chi connectivity index (χ0) is 79.3. The number of hydrogen-bond donors (Lipinski definition) is 6. The molecule has 0 radical (unpaired) electrons. The Labute approximate surface area is 627 Å². The highest BCUT2D eigenvalue weighted by atomic mass is 16.3. The summed E-state index contributed by atoms with van der Waals surface area (Å²) in [5.74, 6) is -11.4. The molecule has 0 spiro atoms. The van der Waals surface area contributed by atoms with Crippen molar-refractivity contribution in [3.63, 3.8) is 0 Å². The lowest BCUT2D eigenvalue weighted by atomic mass is 9.96. The van der Waals surface area contributed by atoms with Crippen LogP contribution in [0.15, 0.2) is 91.0 Å². The first kappa shape index (κ1) is 87.4. The summed E-state index contributed by atoms with van der Waals surface area (Å²) in [6.45, 7) is 21.0. The number of rotatable bonds is 21. The number of likely N-dealkylation sites (tertiary alicyclic amines) is 1. The number of amides is 13. The molecule has 27 heteroatoms. The minimum absolute atomic E-state index is 0.0145. The fraction of sp³-hybridized carbons (Fsp3) is 0.608. The second-order valence-electron chi connectivity index (χ2n) is 30.5. The second-order valence-corrected chi connectivity index (χ2v) is 30.5. The summed E-state index contributed by atoms with van der Waals surface area (Å²) in [6.07, 6.45) is -0.0232. The average molecular weight is 1470 g/mol. The van der Waals surface area contributed by atoms with Gasteiger partial charge in [-0.3, -0.25) is 62.3 Å². The molecule has 13 atom stereocenters. The largest absolute Gasteiger partial charge is 0.391 e. The van der Waals surface area contributed by atoms with Crippen molar-refractivity contribution in [3.8, 4) is 0 Å². The molecule has 13 amide bonds. The van der Waals surface area contributed by atoms with Gasteiger partial charge in [0.2, 0.25) is 76.8 Å². The van der Waals surface area contributed by atoms with Crippen molar-refractivity contribution in [2.75, 3.05) is 62.4 Å². The fourth-order valence-electron chi connectivity index (χ4n) is 13.6. The number of aliphatic hydroxyl groups excluding tert-OH is 1. The van der Waals surface area contributed by atoms with Crippen LogP contribution in [0.2, 0.25) is 0 Å². The maximum Gasteiger partial charge on any atom is 0.248 e. The van der Waals surface area contributed by atoms with Crippen molar-refractivity contribution in [1.29, 1.82) is 0 Å². The zero-order valence-electron chi connectivity index (χ0n) is 65.8. The van der Waals surface area contributed by atoms with Gasteiger partial charge in [-0.1, -0.05) is 146 Å². The molecule has 3 aromatic rings. The third-order valence-electron chi connectivity index (χ3n) is 20.3. The summed E-state index contributed by atoms with van der Waals surface area (Å²) in [5.41, 5.74) is 1.87. The van der Waals surface area contributed by atoms with Gasteiger partial charge in [0.1, 0.15) is 72.5 Å². The quantitative estimate of drug-likeness (QED) is 0.0889. The van der Waals surface area contributed by atoms with E-state index in [0.717, 1.165) is 38.9 Å². The molecule has 2 saturated heterocycles. The van der Waals surface area contributed by atoms with Gasteiger partial charge in [0.15, 0.2) is 0 Å². The third kappa shape index (κ3) is 23.9. The van der Waals surface area contributed by atoms with E-state index in [0.29, 0.717) is 29.8 Å². The van der Waals surface area contributed by atoms with Gasteiger partial charge in [0.25, 0.3) is 0 Å². The summed E-state index contributed by atoms with van der Waals surface area (Å²) in [4.78, 5) is 205. The van der Waals surface area contributed by atoms with Crippen molar-refractivity contribution in [1.82, 2.24) is 65.8 Å². The molecule has 2 heterocycles. The Morgan fingerprint density at radius 2 is 0.906 bits per heavy atom. The van der Waals surface area contributed by atoms with Gasteiger partial charge in [0.05, 0.1) is 12.5 Å². The van der Waals surface area contributed by atoms with Crippen LogP contribution in [0.5, 0.6) is 0 Å². The van der Waals surface area contributed by atoms with Gasteiger partial charge in [-0.05, 0) is 107 Å². The van der Waals surface area contributed by atoms with E-state index in [4.69, 9.17) is 0 Å². The van der Waals surface area contributed by atoms with E-state index in [9.17, 15) is 38.7 Å². The van der Waals surface area contributed by atoms with Crippen molar-refractivity contribution in [2.45, 2.75) is 226 Å². The normalized spacial score (nSPS) is 23.5. The Morgan fingerprint density at radius 3 is 1.37 bits per heavy atom. The molecule has 0 unspecified atom stereocenters. The maximum absolute atomic E-state index is 15.9. The molecule has 0 aromatic heterocycles. The number of aliphatic hydroxyl groups is 1. The van der Waals surface area contributed by atoms with E-state index in [2.05, 4.69) is 26.6 Å². The van der Waals surface area contributed by atoms with Gasteiger partial charge < -0.3 is 70.9 Å². The van der Waals surface area contributed by atoms with Gasteiger partial charge in [-0.2, -0.15) is 0 Å². The van der Waals surface area contributed by atoms with Crippen molar-refractivity contribution >= 4 is 76.8 Å². The molecular weight excluding hydrogens is 1350 g/mol. The highest BCUT2D eigenvalue weighted by Gasteiger charge is 2.45. The molecule has 2 fully saturated rings. The van der Waals surface area contributed by atoms with Gasteiger partial charge in [0, 0.05) is 81.7 Å². The minimum atomic E-state index is -1.87. The molecule has 0 bridgehead atoms.